The van der Waals surface area contributed by atoms with Gasteiger partial charge in [0, 0.05) is 13.1 Å². The lowest BCUT2D eigenvalue weighted by atomic mass is 10.1. The van der Waals surface area contributed by atoms with Crippen molar-refractivity contribution in [2.75, 3.05) is 19.7 Å². The third kappa shape index (κ3) is 2.36. The van der Waals surface area contributed by atoms with Crippen LogP contribution in [-0.4, -0.2) is 29.8 Å². The molecular formula is C13H14FN3O2. The highest BCUT2D eigenvalue weighted by Crippen LogP contribution is 2.25. The minimum absolute atomic E-state index is 0.186. The van der Waals surface area contributed by atoms with E-state index in [4.69, 9.17) is 9.26 Å². The second-order valence-corrected chi connectivity index (χ2v) is 4.46. The number of benzene rings is 1. The van der Waals surface area contributed by atoms with Crippen LogP contribution in [0.25, 0.3) is 11.5 Å². The molecule has 1 unspecified atom stereocenters. The maximum Gasteiger partial charge on any atom is 0.261 e. The summed E-state index contributed by atoms with van der Waals surface area (Å²) in [5.41, 5.74) is 0.871. The molecule has 0 radical (unpaired) electrons. The standard InChI is InChI=1S/C13H14FN3O2/c1-8-3-2-4-9(11(8)14)13-16-12(17-19-13)10-7-15-5-6-18-10/h2-4,10,15H,5-7H2,1H3. The Kier molecular flexibility index (Phi) is 3.27. The Labute approximate surface area is 109 Å². The Morgan fingerprint density at radius 2 is 2.32 bits per heavy atom. The predicted octanol–water partition coefficient (Wildman–Crippen LogP) is 1.85. The molecule has 3 rings (SSSR count). The van der Waals surface area contributed by atoms with Crippen LogP contribution in [0.4, 0.5) is 4.39 Å². The Bertz CT molecular complexity index is 579. The number of rotatable bonds is 2. The van der Waals surface area contributed by atoms with Gasteiger partial charge in [-0.3, -0.25) is 0 Å². The van der Waals surface area contributed by atoms with Gasteiger partial charge in [-0.15, -0.1) is 0 Å². The average Bonchev–Trinajstić information content (AvgIpc) is 2.92. The maximum absolute atomic E-state index is 14.0. The number of morpholine rings is 1. The molecule has 1 atom stereocenters. The fraction of sp³-hybridized carbons (Fsp3) is 0.385. The van der Waals surface area contributed by atoms with Crippen molar-refractivity contribution in [1.82, 2.24) is 15.5 Å². The van der Waals surface area contributed by atoms with E-state index in [2.05, 4.69) is 15.5 Å². The Hall–Kier alpha value is -1.79. The van der Waals surface area contributed by atoms with E-state index in [-0.39, 0.29) is 17.8 Å². The van der Waals surface area contributed by atoms with Crippen molar-refractivity contribution in [3.05, 3.63) is 35.4 Å². The van der Waals surface area contributed by atoms with Crippen LogP contribution in [0.2, 0.25) is 0 Å². The van der Waals surface area contributed by atoms with Crippen molar-refractivity contribution in [2.45, 2.75) is 13.0 Å². The first-order chi connectivity index (χ1) is 9.25. The van der Waals surface area contributed by atoms with Gasteiger partial charge in [0.25, 0.3) is 5.89 Å². The summed E-state index contributed by atoms with van der Waals surface area (Å²) < 4.78 is 24.6. The van der Waals surface area contributed by atoms with E-state index in [9.17, 15) is 4.39 Å². The van der Waals surface area contributed by atoms with Crippen LogP contribution < -0.4 is 5.32 Å². The minimum Gasteiger partial charge on any atom is -0.367 e. The molecule has 0 spiro atoms. The molecule has 2 heterocycles. The molecule has 1 N–H and O–H groups in total. The van der Waals surface area contributed by atoms with E-state index in [1.807, 2.05) is 0 Å². The molecule has 100 valence electrons. The molecule has 1 fully saturated rings. The first-order valence-electron chi connectivity index (χ1n) is 6.17. The SMILES string of the molecule is Cc1cccc(-c2nc(C3CNCCO3)no2)c1F. The third-order valence-electron chi connectivity index (χ3n) is 3.08. The summed E-state index contributed by atoms with van der Waals surface area (Å²) in [7, 11) is 0. The highest BCUT2D eigenvalue weighted by atomic mass is 19.1. The molecule has 0 bridgehead atoms. The van der Waals surface area contributed by atoms with E-state index in [1.165, 1.54) is 0 Å². The number of hydrogen-bond donors (Lipinski definition) is 1. The van der Waals surface area contributed by atoms with Gasteiger partial charge in [0.2, 0.25) is 5.82 Å². The van der Waals surface area contributed by atoms with Gasteiger partial charge in [0.15, 0.2) is 0 Å². The quantitative estimate of drug-likeness (QED) is 0.896. The number of nitrogens with one attached hydrogen (secondary N) is 1. The summed E-state index contributed by atoms with van der Waals surface area (Å²) in [6, 6.07) is 5.08. The van der Waals surface area contributed by atoms with Crippen LogP contribution in [0.5, 0.6) is 0 Å². The van der Waals surface area contributed by atoms with Crippen molar-refractivity contribution < 1.29 is 13.7 Å². The summed E-state index contributed by atoms with van der Waals surface area (Å²) in [4.78, 5) is 4.22. The van der Waals surface area contributed by atoms with Gasteiger partial charge < -0.3 is 14.6 Å². The van der Waals surface area contributed by atoms with Crippen molar-refractivity contribution in [3.8, 4) is 11.5 Å². The second kappa shape index (κ2) is 5.07. The summed E-state index contributed by atoms with van der Waals surface area (Å²) in [5.74, 6) is 0.300. The lowest BCUT2D eigenvalue weighted by Crippen LogP contribution is -2.33. The topological polar surface area (TPSA) is 60.2 Å². The van der Waals surface area contributed by atoms with Gasteiger partial charge in [-0.25, -0.2) is 4.39 Å². The Balaban J connectivity index is 1.90. The number of hydrogen-bond acceptors (Lipinski definition) is 5. The van der Waals surface area contributed by atoms with Crippen molar-refractivity contribution in [1.29, 1.82) is 0 Å². The lowest BCUT2D eigenvalue weighted by molar-refractivity contribution is 0.0208. The monoisotopic (exact) mass is 263 g/mol. The van der Waals surface area contributed by atoms with Crippen molar-refractivity contribution >= 4 is 0 Å². The van der Waals surface area contributed by atoms with Crippen LogP contribution in [0.3, 0.4) is 0 Å². The third-order valence-corrected chi connectivity index (χ3v) is 3.08. The molecule has 1 aliphatic heterocycles. The largest absolute Gasteiger partial charge is 0.367 e. The molecule has 0 aliphatic carbocycles. The molecule has 19 heavy (non-hydrogen) atoms. The van der Waals surface area contributed by atoms with Gasteiger partial charge >= 0.3 is 0 Å². The van der Waals surface area contributed by atoms with Gasteiger partial charge in [-0.2, -0.15) is 4.98 Å². The van der Waals surface area contributed by atoms with Gasteiger partial charge in [-0.1, -0.05) is 17.3 Å². The Morgan fingerprint density at radius 3 is 3.11 bits per heavy atom. The van der Waals surface area contributed by atoms with Crippen LogP contribution in [-0.2, 0) is 4.74 Å². The molecule has 5 nitrogen and oxygen atoms in total. The molecular weight excluding hydrogens is 249 g/mol. The zero-order chi connectivity index (χ0) is 13.2. The maximum atomic E-state index is 14.0. The number of aryl methyl sites for hydroxylation is 1. The average molecular weight is 263 g/mol. The zero-order valence-electron chi connectivity index (χ0n) is 10.5. The van der Waals surface area contributed by atoms with Gasteiger partial charge in [-0.05, 0) is 18.6 Å². The molecule has 1 aliphatic rings. The molecule has 6 heteroatoms. The van der Waals surface area contributed by atoms with E-state index >= 15 is 0 Å². The molecule has 0 saturated carbocycles. The lowest BCUT2D eigenvalue weighted by Gasteiger charge is -2.20. The highest BCUT2D eigenvalue weighted by Gasteiger charge is 2.23. The number of nitrogens with zero attached hydrogens (tertiary/aromatic N) is 2. The van der Waals surface area contributed by atoms with Gasteiger partial charge in [0.05, 0.1) is 12.2 Å². The smallest absolute Gasteiger partial charge is 0.261 e. The van der Waals surface area contributed by atoms with Crippen LogP contribution >= 0.6 is 0 Å². The van der Waals surface area contributed by atoms with Gasteiger partial charge in [0.1, 0.15) is 11.9 Å². The minimum atomic E-state index is -0.333. The van der Waals surface area contributed by atoms with Crippen molar-refractivity contribution in [2.24, 2.45) is 0 Å². The summed E-state index contributed by atoms with van der Waals surface area (Å²) >= 11 is 0. The highest BCUT2D eigenvalue weighted by molar-refractivity contribution is 5.55. The fourth-order valence-corrected chi connectivity index (χ4v) is 2.02. The number of halogens is 1. The molecule has 1 aromatic carbocycles. The zero-order valence-corrected chi connectivity index (χ0v) is 10.5. The summed E-state index contributed by atoms with van der Waals surface area (Å²) in [5, 5.41) is 7.05. The van der Waals surface area contributed by atoms with Crippen molar-refractivity contribution in [3.63, 3.8) is 0 Å². The number of aromatic nitrogens is 2. The van der Waals surface area contributed by atoms with Crippen LogP contribution in [0.15, 0.2) is 22.7 Å². The van der Waals surface area contributed by atoms with Crippen LogP contribution in [0.1, 0.15) is 17.5 Å². The van der Waals surface area contributed by atoms with E-state index in [0.29, 0.717) is 30.1 Å². The summed E-state index contributed by atoms with van der Waals surface area (Å²) in [6.07, 6.45) is -0.237. The second-order valence-electron chi connectivity index (χ2n) is 4.46. The molecule has 0 amide bonds. The van der Waals surface area contributed by atoms with E-state index < -0.39 is 0 Å². The fourth-order valence-electron chi connectivity index (χ4n) is 2.02. The summed E-state index contributed by atoms with van der Waals surface area (Å²) in [6.45, 7) is 3.75. The first kappa shape index (κ1) is 12.3. The molecule has 2 aromatic rings. The van der Waals surface area contributed by atoms with E-state index in [0.717, 1.165) is 6.54 Å². The molecule has 1 saturated heterocycles. The van der Waals surface area contributed by atoms with Crippen LogP contribution in [0, 0.1) is 12.7 Å². The van der Waals surface area contributed by atoms with E-state index in [1.54, 1.807) is 25.1 Å². The Morgan fingerprint density at radius 1 is 1.42 bits per heavy atom. The number of ether oxygens (including phenoxy) is 1. The normalized spacial score (nSPS) is 19.6. The first-order valence-corrected chi connectivity index (χ1v) is 6.17. The molecule has 1 aromatic heterocycles. The predicted molar refractivity (Wildman–Crippen MR) is 66.0 cm³/mol.